The fraction of sp³-hybridized carbons (Fsp3) is 0.273. The summed E-state index contributed by atoms with van der Waals surface area (Å²) >= 11 is 3.52. The molecule has 0 amide bonds. The number of ether oxygens (including phenoxy) is 1. The van der Waals surface area contributed by atoms with Crippen LogP contribution in [0.1, 0.15) is 6.92 Å². The Morgan fingerprint density at radius 3 is 3.00 bits per heavy atom. The van der Waals surface area contributed by atoms with Crippen molar-refractivity contribution in [2.24, 2.45) is 0 Å². The molecule has 0 aliphatic rings. The third-order valence-corrected chi connectivity index (χ3v) is 2.89. The molecule has 0 atom stereocenters. The van der Waals surface area contributed by atoms with Crippen LogP contribution in [0.2, 0.25) is 0 Å². The number of benzene rings is 1. The van der Waals surface area contributed by atoms with Crippen LogP contribution in [-0.2, 0) is 11.5 Å². The maximum absolute atomic E-state index is 5.37. The molecule has 0 saturated heterocycles. The lowest BCUT2D eigenvalue weighted by molar-refractivity contribution is 0.0909. The van der Waals surface area contributed by atoms with Crippen LogP contribution in [0.3, 0.4) is 0 Å². The molecule has 0 fully saturated rings. The number of halogens is 1. The molecule has 1 aromatic carbocycles. The van der Waals surface area contributed by atoms with E-state index in [2.05, 4.69) is 32.6 Å². The number of fused-ring (bicyclic) bond motifs is 1. The molecule has 0 radical (unpaired) electrons. The van der Waals surface area contributed by atoms with E-state index in [1.807, 2.05) is 25.3 Å². The van der Waals surface area contributed by atoms with Crippen molar-refractivity contribution < 1.29 is 4.74 Å². The molecular weight excluding hydrogens is 242 g/mol. The van der Waals surface area contributed by atoms with Gasteiger partial charge < -0.3 is 9.30 Å². The summed E-state index contributed by atoms with van der Waals surface area (Å²) in [5.41, 5.74) is 1.20. The molecule has 2 aromatic rings. The van der Waals surface area contributed by atoms with E-state index in [-0.39, 0.29) is 0 Å². The predicted octanol–water partition coefficient (Wildman–Crippen LogP) is 3.40. The minimum atomic E-state index is 0.621. The van der Waals surface area contributed by atoms with E-state index in [4.69, 9.17) is 4.74 Å². The maximum atomic E-state index is 5.37. The Kier molecular flexibility index (Phi) is 2.89. The second kappa shape index (κ2) is 4.15. The normalized spacial score (nSPS) is 11.0. The highest BCUT2D eigenvalue weighted by molar-refractivity contribution is 9.10. The van der Waals surface area contributed by atoms with Crippen molar-refractivity contribution in [2.45, 2.75) is 13.7 Å². The summed E-state index contributed by atoms with van der Waals surface area (Å²) in [5, 5.41) is 1.23. The van der Waals surface area contributed by atoms with Gasteiger partial charge in [0.1, 0.15) is 6.73 Å². The van der Waals surface area contributed by atoms with Crippen LogP contribution in [0.4, 0.5) is 0 Å². The van der Waals surface area contributed by atoms with Crippen molar-refractivity contribution in [1.29, 1.82) is 0 Å². The average Bonchev–Trinajstić information content (AvgIpc) is 2.60. The smallest absolute Gasteiger partial charge is 0.122 e. The highest BCUT2D eigenvalue weighted by Gasteiger charge is 2.02. The van der Waals surface area contributed by atoms with Crippen molar-refractivity contribution in [3.63, 3.8) is 0 Å². The number of rotatable bonds is 3. The molecular formula is C11H12BrNO. The zero-order chi connectivity index (χ0) is 9.97. The van der Waals surface area contributed by atoms with E-state index in [1.165, 1.54) is 10.9 Å². The molecule has 3 heteroatoms. The second-order valence-electron chi connectivity index (χ2n) is 3.08. The van der Waals surface area contributed by atoms with E-state index in [9.17, 15) is 0 Å². The fourth-order valence-corrected chi connectivity index (χ4v) is 1.98. The Balaban J connectivity index is 2.42. The van der Waals surface area contributed by atoms with Gasteiger partial charge in [0.05, 0.1) is 5.52 Å². The summed E-state index contributed by atoms with van der Waals surface area (Å²) in [4.78, 5) is 0. The maximum Gasteiger partial charge on any atom is 0.122 e. The Hall–Kier alpha value is -0.800. The van der Waals surface area contributed by atoms with Gasteiger partial charge >= 0.3 is 0 Å². The standard InChI is InChI=1S/C11H12BrNO/c1-2-14-8-13-7-6-9-10(12)4-3-5-11(9)13/h3-7H,2,8H2,1H3. The molecule has 2 rings (SSSR count). The van der Waals surface area contributed by atoms with Crippen molar-refractivity contribution in [3.8, 4) is 0 Å². The zero-order valence-corrected chi connectivity index (χ0v) is 9.62. The predicted molar refractivity (Wildman–Crippen MR) is 61.3 cm³/mol. The van der Waals surface area contributed by atoms with Gasteiger partial charge in [-0.1, -0.05) is 22.0 Å². The SMILES string of the molecule is CCOCn1ccc2c(Br)cccc21. The summed E-state index contributed by atoms with van der Waals surface area (Å²) in [6.45, 7) is 3.37. The van der Waals surface area contributed by atoms with Crippen LogP contribution in [0.15, 0.2) is 34.9 Å². The van der Waals surface area contributed by atoms with Gasteiger partial charge in [0.2, 0.25) is 0 Å². The molecule has 1 heterocycles. The van der Waals surface area contributed by atoms with Gasteiger partial charge in [-0.3, -0.25) is 0 Å². The first-order chi connectivity index (χ1) is 6.83. The van der Waals surface area contributed by atoms with Crippen LogP contribution < -0.4 is 0 Å². The minimum absolute atomic E-state index is 0.621. The first-order valence-corrected chi connectivity index (χ1v) is 5.43. The highest BCUT2D eigenvalue weighted by atomic mass is 79.9. The number of aromatic nitrogens is 1. The van der Waals surface area contributed by atoms with Crippen molar-refractivity contribution in [2.75, 3.05) is 6.61 Å². The zero-order valence-electron chi connectivity index (χ0n) is 8.03. The van der Waals surface area contributed by atoms with Gasteiger partial charge in [-0.25, -0.2) is 0 Å². The summed E-state index contributed by atoms with van der Waals surface area (Å²) in [7, 11) is 0. The average molecular weight is 254 g/mol. The number of hydrogen-bond acceptors (Lipinski definition) is 1. The Bertz CT molecular complexity index is 436. The largest absolute Gasteiger partial charge is 0.361 e. The lowest BCUT2D eigenvalue weighted by atomic mass is 10.2. The summed E-state index contributed by atoms with van der Waals surface area (Å²) < 4.78 is 8.60. The van der Waals surface area contributed by atoms with E-state index in [1.54, 1.807) is 0 Å². The molecule has 0 aliphatic heterocycles. The molecule has 2 nitrogen and oxygen atoms in total. The number of nitrogens with zero attached hydrogens (tertiary/aromatic N) is 1. The molecule has 0 spiro atoms. The third kappa shape index (κ3) is 1.70. The van der Waals surface area contributed by atoms with E-state index >= 15 is 0 Å². The van der Waals surface area contributed by atoms with Crippen molar-refractivity contribution in [1.82, 2.24) is 4.57 Å². The van der Waals surface area contributed by atoms with Crippen LogP contribution in [0.5, 0.6) is 0 Å². The van der Waals surface area contributed by atoms with Gasteiger partial charge in [-0.2, -0.15) is 0 Å². The lowest BCUT2D eigenvalue weighted by Gasteiger charge is -2.04. The van der Waals surface area contributed by atoms with E-state index in [0.717, 1.165) is 11.1 Å². The van der Waals surface area contributed by atoms with Crippen molar-refractivity contribution in [3.05, 3.63) is 34.9 Å². The van der Waals surface area contributed by atoms with Gasteiger partial charge in [0, 0.05) is 22.7 Å². The first-order valence-electron chi connectivity index (χ1n) is 4.64. The van der Waals surface area contributed by atoms with Gasteiger partial charge in [0.25, 0.3) is 0 Å². The Morgan fingerprint density at radius 2 is 2.21 bits per heavy atom. The van der Waals surface area contributed by atoms with Crippen LogP contribution in [-0.4, -0.2) is 11.2 Å². The Labute approximate surface area is 91.6 Å². The fourth-order valence-electron chi connectivity index (χ4n) is 1.49. The van der Waals surface area contributed by atoms with Crippen LogP contribution in [0, 0.1) is 0 Å². The first kappa shape index (κ1) is 9.74. The van der Waals surface area contributed by atoms with Gasteiger partial charge in [-0.15, -0.1) is 0 Å². The molecule has 0 unspecified atom stereocenters. The van der Waals surface area contributed by atoms with Crippen molar-refractivity contribution >= 4 is 26.8 Å². The summed E-state index contributed by atoms with van der Waals surface area (Å²) in [5.74, 6) is 0. The van der Waals surface area contributed by atoms with Crippen LogP contribution >= 0.6 is 15.9 Å². The van der Waals surface area contributed by atoms with Gasteiger partial charge in [-0.05, 0) is 25.1 Å². The highest BCUT2D eigenvalue weighted by Crippen LogP contribution is 2.24. The van der Waals surface area contributed by atoms with E-state index in [0.29, 0.717) is 6.73 Å². The summed E-state index contributed by atoms with van der Waals surface area (Å²) in [6.07, 6.45) is 2.05. The third-order valence-electron chi connectivity index (χ3n) is 2.19. The number of hydrogen-bond donors (Lipinski definition) is 0. The molecule has 14 heavy (non-hydrogen) atoms. The second-order valence-corrected chi connectivity index (χ2v) is 3.93. The monoisotopic (exact) mass is 253 g/mol. The summed E-state index contributed by atoms with van der Waals surface area (Å²) in [6, 6.07) is 8.28. The quantitative estimate of drug-likeness (QED) is 0.818. The van der Waals surface area contributed by atoms with Crippen LogP contribution in [0.25, 0.3) is 10.9 Å². The molecule has 0 saturated carbocycles. The van der Waals surface area contributed by atoms with Gasteiger partial charge in [0.15, 0.2) is 0 Å². The molecule has 74 valence electrons. The molecule has 1 aromatic heterocycles. The molecule has 0 bridgehead atoms. The topological polar surface area (TPSA) is 14.2 Å². The minimum Gasteiger partial charge on any atom is -0.361 e. The lowest BCUT2D eigenvalue weighted by Crippen LogP contribution is -1.99. The Morgan fingerprint density at radius 1 is 1.36 bits per heavy atom. The van der Waals surface area contributed by atoms with E-state index < -0.39 is 0 Å². The molecule has 0 N–H and O–H groups in total. The molecule has 0 aliphatic carbocycles.